The van der Waals surface area contributed by atoms with Crippen molar-refractivity contribution in [3.05, 3.63) is 0 Å². The van der Waals surface area contributed by atoms with Crippen LogP contribution in [0.15, 0.2) is 0 Å². The molecule has 2 atom stereocenters. The summed E-state index contributed by atoms with van der Waals surface area (Å²) in [6.07, 6.45) is 14.4. The summed E-state index contributed by atoms with van der Waals surface area (Å²) in [5.41, 5.74) is 0. The van der Waals surface area contributed by atoms with Gasteiger partial charge in [0.15, 0.2) is 10.2 Å². The molecule has 1 unspecified atom stereocenters. The molecule has 0 fully saturated rings. The molecule has 0 aromatic heterocycles. The molecule has 0 radical (unpaired) electrons. The van der Waals surface area contributed by atoms with Crippen molar-refractivity contribution in [1.29, 1.82) is 0 Å². The van der Waals surface area contributed by atoms with Crippen molar-refractivity contribution in [3.8, 4) is 0 Å². The first-order valence-electron chi connectivity index (χ1n) is 11.7. The third-order valence-electron chi connectivity index (χ3n) is 4.85. The van der Waals surface area contributed by atoms with Crippen LogP contribution in [0.4, 0.5) is 0 Å². The van der Waals surface area contributed by atoms with Crippen LogP contribution in [0.25, 0.3) is 0 Å². The summed E-state index contributed by atoms with van der Waals surface area (Å²) in [5.74, 6) is 0.380. The molecule has 0 saturated heterocycles. The Morgan fingerprint density at radius 3 is 1.84 bits per heavy atom. The third kappa shape index (κ3) is 20.5. The van der Waals surface area contributed by atoms with Crippen LogP contribution in [0.5, 0.6) is 0 Å². The highest BCUT2D eigenvalue weighted by atomic mass is 32.2. The average molecular weight is 499 g/mol. The Morgan fingerprint density at radius 2 is 1.32 bits per heavy atom. The molecule has 0 aromatic rings. The highest BCUT2D eigenvalue weighted by molar-refractivity contribution is 8.17. The molecule has 6 nitrogen and oxygen atoms in total. The zero-order valence-corrected chi connectivity index (χ0v) is 22.2. The highest BCUT2D eigenvalue weighted by Crippen LogP contribution is 2.42. The van der Waals surface area contributed by atoms with Crippen LogP contribution in [0, 0.1) is 0 Å². The van der Waals surface area contributed by atoms with Gasteiger partial charge in [0.05, 0.1) is 6.61 Å². The fourth-order valence-corrected chi connectivity index (χ4v) is 5.53. The number of hydrogen-bond donors (Lipinski definition) is 1. The van der Waals surface area contributed by atoms with E-state index in [1.165, 1.54) is 50.3 Å². The molecule has 0 saturated carbocycles. The molecule has 1 N–H and O–H groups in total. The molecule has 0 heterocycles. The monoisotopic (exact) mass is 498 g/mol. The smallest absolute Gasteiger partial charge is 0.303 e. The van der Waals surface area contributed by atoms with Gasteiger partial charge in [0, 0.05) is 31.0 Å². The predicted octanol–water partition coefficient (Wildman–Crippen LogP) is 7.14. The van der Waals surface area contributed by atoms with Crippen molar-refractivity contribution >= 4 is 41.6 Å². The van der Waals surface area contributed by atoms with E-state index in [4.69, 9.17) is 4.52 Å². The van der Waals surface area contributed by atoms with E-state index in [0.29, 0.717) is 18.6 Å². The molecule has 31 heavy (non-hydrogen) atoms. The summed E-state index contributed by atoms with van der Waals surface area (Å²) >= 11 is 2.31. The molecule has 0 aliphatic heterocycles. The lowest BCUT2D eigenvalue weighted by Crippen LogP contribution is -2.18. The van der Waals surface area contributed by atoms with E-state index in [1.54, 1.807) is 0 Å². The van der Waals surface area contributed by atoms with E-state index in [2.05, 4.69) is 18.4 Å². The molecule has 9 heteroatoms. The molecule has 0 rings (SSSR count). The zero-order chi connectivity index (χ0) is 23.4. The van der Waals surface area contributed by atoms with E-state index in [-0.39, 0.29) is 22.1 Å². The van der Waals surface area contributed by atoms with Gasteiger partial charge in [-0.25, -0.2) is 4.57 Å². The van der Waals surface area contributed by atoms with Gasteiger partial charge in [-0.15, -0.1) is 0 Å². The van der Waals surface area contributed by atoms with Crippen LogP contribution in [0.1, 0.15) is 104 Å². The van der Waals surface area contributed by atoms with Gasteiger partial charge in [0.1, 0.15) is 0 Å². The summed E-state index contributed by atoms with van der Waals surface area (Å²) < 4.78 is 21.0. The standard InChI is InChI=1S/C22H43O6PS2/c1-4-6-8-10-12-14-16-21(23)30-19-20(18-28-29(25,26)27-3)31-22(24)17-15-13-11-9-7-5-2/h20H,4-19H2,1-3H3,(H,25,26)/t20-/m1/s1. The molecular formula is C22H43O6PS2. The first-order chi connectivity index (χ1) is 14.8. The summed E-state index contributed by atoms with van der Waals surface area (Å²) in [6.45, 7) is 4.25. The van der Waals surface area contributed by atoms with Gasteiger partial charge >= 0.3 is 7.82 Å². The zero-order valence-electron chi connectivity index (χ0n) is 19.6. The van der Waals surface area contributed by atoms with Gasteiger partial charge in [-0.1, -0.05) is 102 Å². The Balaban J connectivity index is 4.32. The predicted molar refractivity (Wildman–Crippen MR) is 133 cm³/mol. The summed E-state index contributed by atoms with van der Waals surface area (Å²) in [5, 5.41) is -0.219. The topological polar surface area (TPSA) is 89.9 Å². The van der Waals surface area contributed by atoms with Gasteiger partial charge in [0.2, 0.25) is 0 Å². The SMILES string of the molecule is CCCCCCCCC(=O)SC[C@@H](COP(=O)(O)OC)SC(=O)CCCCCCCC. The number of phosphoric acid groups is 1. The average Bonchev–Trinajstić information content (AvgIpc) is 2.75. The number of thioether (sulfide) groups is 2. The largest absolute Gasteiger partial charge is 0.471 e. The number of hydrogen-bond acceptors (Lipinski definition) is 7. The van der Waals surface area contributed by atoms with Gasteiger partial charge in [0.25, 0.3) is 0 Å². The fraction of sp³-hybridized carbons (Fsp3) is 0.909. The lowest BCUT2D eigenvalue weighted by molar-refractivity contribution is -0.112. The Morgan fingerprint density at radius 1 is 0.839 bits per heavy atom. The van der Waals surface area contributed by atoms with Crippen molar-refractivity contribution in [2.45, 2.75) is 109 Å². The number of carbonyl (C=O) groups is 2. The minimum atomic E-state index is -4.11. The lowest BCUT2D eigenvalue weighted by atomic mass is 10.1. The second-order valence-corrected chi connectivity index (χ2v) is 11.8. The van der Waals surface area contributed by atoms with Crippen molar-refractivity contribution < 1.29 is 28.1 Å². The molecule has 0 bridgehead atoms. The van der Waals surface area contributed by atoms with Gasteiger partial charge in [-0.05, 0) is 12.8 Å². The minimum Gasteiger partial charge on any atom is -0.303 e. The second kappa shape index (κ2) is 20.7. The third-order valence-corrected chi connectivity index (χ3v) is 8.20. The molecule has 0 spiro atoms. The Hall–Kier alpha value is 0.150. The number of rotatable bonds is 21. The Labute approximate surface area is 198 Å². The van der Waals surface area contributed by atoms with Crippen LogP contribution in [0.3, 0.4) is 0 Å². The van der Waals surface area contributed by atoms with E-state index in [9.17, 15) is 19.0 Å². The normalized spacial score (nSPS) is 14.3. The van der Waals surface area contributed by atoms with Crippen LogP contribution in [0.2, 0.25) is 0 Å². The number of unbranched alkanes of at least 4 members (excludes halogenated alkanes) is 10. The maximum absolute atomic E-state index is 12.3. The van der Waals surface area contributed by atoms with E-state index in [0.717, 1.165) is 57.4 Å². The number of carbonyl (C=O) groups excluding carboxylic acids is 2. The summed E-state index contributed by atoms with van der Waals surface area (Å²) in [6, 6.07) is 0. The van der Waals surface area contributed by atoms with Crippen molar-refractivity contribution in [2.75, 3.05) is 19.5 Å². The van der Waals surface area contributed by atoms with Crippen LogP contribution in [-0.4, -0.2) is 39.8 Å². The maximum atomic E-state index is 12.3. The molecular weight excluding hydrogens is 455 g/mol. The van der Waals surface area contributed by atoms with Crippen LogP contribution >= 0.6 is 31.3 Å². The first kappa shape index (κ1) is 31.1. The Kier molecular flexibility index (Phi) is 20.8. The second-order valence-electron chi connectivity index (χ2n) is 7.78. The first-order valence-corrected chi connectivity index (χ1v) is 15.1. The molecule has 184 valence electrons. The van der Waals surface area contributed by atoms with E-state index >= 15 is 0 Å². The van der Waals surface area contributed by atoms with Gasteiger partial charge in [-0.2, -0.15) is 0 Å². The quantitative estimate of drug-likeness (QED) is 0.132. The summed E-state index contributed by atoms with van der Waals surface area (Å²) in [7, 11) is -3.00. The maximum Gasteiger partial charge on any atom is 0.471 e. The highest BCUT2D eigenvalue weighted by Gasteiger charge is 2.24. The molecule has 0 aromatic carbocycles. The van der Waals surface area contributed by atoms with Crippen LogP contribution < -0.4 is 0 Å². The van der Waals surface area contributed by atoms with Crippen molar-refractivity contribution in [1.82, 2.24) is 0 Å². The fourth-order valence-electron chi connectivity index (χ4n) is 2.95. The molecule has 0 aliphatic carbocycles. The van der Waals surface area contributed by atoms with E-state index in [1.807, 2.05) is 0 Å². The number of phosphoric ester groups is 1. The Bertz CT molecular complexity index is 518. The van der Waals surface area contributed by atoms with E-state index < -0.39 is 7.82 Å². The molecule has 0 aliphatic rings. The van der Waals surface area contributed by atoms with Gasteiger partial charge < -0.3 is 4.89 Å². The van der Waals surface area contributed by atoms with Crippen molar-refractivity contribution in [3.63, 3.8) is 0 Å². The van der Waals surface area contributed by atoms with Crippen molar-refractivity contribution in [2.24, 2.45) is 0 Å². The summed E-state index contributed by atoms with van der Waals surface area (Å²) in [4.78, 5) is 34.0. The molecule has 0 amide bonds. The lowest BCUT2D eigenvalue weighted by Gasteiger charge is -2.17. The van der Waals surface area contributed by atoms with Gasteiger partial charge in [-0.3, -0.25) is 18.6 Å². The minimum absolute atomic E-state index is 0.0400. The van der Waals surface area contributed by atoms with Crippen LogP contribution in [-0.2, 0) is 23.2 Å².